The highest BCUT2D eigenvalue weighted by molar-refractivity contribution is 5.89. The fourth-order valence-electron chi connectivity index (χ4n) is 3.32. The molecule has 3 N–H and O–H groups in total. The smallest absolute Gasteiger partial charge is 0.319 e. The van der Waals surface area contributed by atoms with E-state index in [4.69, 9.17) is 9.47 Å². The highest BCUT2D eigenvalue weighted by atomic mass is 19.1. The second-order valence-electron chi connectivity index (χ2n) is 6.96. The minimum absolute atomic E-state index is 0.0413. The van der Waals surface area contributed by atoms with E-state index < -0.39 is 12.1 Å². The van der Waals surface area contributed by atoms with E-state index >= 15 is 0 Å². The molecule has 0 spiro atoms. The molecular weight excluding hydrogens is 381 g/mol. The van der Waals surface area contributed by atoms with Crippen LogP contribution in [0.15, 0.2) is 30.5 Å². The summed E-state index contributed by atoms with van der Waals surface area (Å²) >= 11 is 0. The van der Waals surface area contributed by atoms with Gasteiger partial charge < -0.3 is 25.2 Å². The molecule has 9 nitrogen and oxygen atoms in total. The standard InChI is InChI=1S/C19H26FN5O4/c1-28-12-15-10-25(24-23-15)9-8-16-6-7-17(18(11-26)29-16)22-19(27)21-14-4-2-13(20)3-5-14/h2-5,10,16-18,26H,6-9,11-12H2,1H3,(H2,21,22,27)/t16-,17-,18+/m0/s1. The number of amides is 2. The Morgan fingerprint density at radius 1 is 1.38 bits per heavy atom. The molecule has 1 aliphatic heterocycles. The molecule has 0 bridgehead atoms. The largest absolute Gasteiger partial charge is 0.394 e. The number of hydrogen-bond donors (Lipinski definition) is 3. The van der Waals surface area contributed by atoms with Gasteiger partial charge in [-0.3, -0.25) is 4.68 Å². The Labute approximate surface area is 168 Å². The molecule has 1 aliphatic rings. The molecule has 3 atom stereocenters. The number of rotatable bonds is 8. The van der Waals surface area contributed by atoms with Gasteiger partial charge in [0, 0.05) is 19.3 Å². The van der Waals surface area contributed by atoms with E-state index in [1.165, 1.54) is 24.3 Å². The van der Waals surface area contributed by atoms with Crippen molar-refractivity contribution in [2.24, 2.45) is 0 Å². The van der Waals surface area contributed by atoms with Crippen LogP contribution in [0, 0.1) is 5.82 Å². The summed E-state index contributed by atoms with van der Waals surface area (Å²) in [7, 11) is 1.61. The Morgan fingerprint density at radius 3 is 2.90 bits per heavy atom. The van der Waals surface area contributed by atoms with Gasteiger partial charge in [-0.25, -0.2) is 9.18 Å². The minimum atomic E-state index is -0.493. The fraction of sp³-hybridized carbons (Fsp3) is 0.526. The summed E-state index contributed by atoms with van der Waals surface area (Å²) in [4.78, 5) is 12.2. The number of nitrogens with one attached hydrogen (secondary N) is 2. The van der Waals surface area contributed by atoms with Gasteiger partial charge in [-0.1, -0.05) is 5.21 Å². The minimum Gasteiger partial charge on any atom is -0.394 e. The van der Waals surface area contributed by atoms with Crippen LogP contribution in [0.1, 0.15) is 25.0 Å². The number of nitrogens with zero attached hydrogens (tertiary/aromatic N) is 3. The fourth-order valence-corrected chi connectivity index (χ4v) is 3.32. The van der Waals surface area contributed by atoms with E-state index in [0.29, 0.717) is 25.3 Å². The van der Waals surface area contributed by atoms with Crippen molar-refractivity contribution in [2.75, 3.05) is 19.0 Å². The Morgan fingerprint density at radius 2 is 2.17 bits per heavy atom. The first kappa shape index (κ1) is 21.2. The SMILES string of the molecule is COCc1cn(CC[C@@H]2CC[C@H](NC(=O)Nc3ccc(F)cc3)[C@@H](CO)O2)nn1. The Kier molecular flexibility index (Phi) is 7.50. The molecule has 1 aromatic carbocycles. The third kappa shape index (κ3) is 6.21. The summed E-state index contributed by atoms with van der Waals surface area (Å²) in [6.07, 6.45) is 3.45. The molecule has 2 heterocycles. The molecule has 0 aliphatic carbocycles. The molecule has 29 heavy (non-hydrogen) atoms. The number of urea groups is 1. The zero-order valence-electron chi connectivity index (χ0n) is 16.3. The Hall–Kier alpha value is -2.56. The van der Waals surface area contributed by atoms with E-state index in [2.05, 4.69) is 20.9 Å². The zero-order chi connectivity index (χ0) is 20.6. The molecule has 3 rings (SSSR count). The molecule has 1 saturated heterocycles. The monoisotopic (exact) mass is 407 g/mol. The lowest BCUT2D eigenvalue weighted by Gasteiger charge is -2.36. The summed E-state index contributed by atoms with van der Waals surface area (Å²) in [6, 6.07) is 4.77. The van der Waals surface area contributed by atoms with Crippen LogP contribution in [0.3, 0.4) is 0 Å². The normalized spacial score (nSPS) is 21.7. The van der Waals surface area contributed by atoms with Crippen molar-refractivity contribution in [3.05, 3.63) is 42.0 Å². The number of benzene rings is 1. The summed E-state index contributed by atoms with van der Waals surface area (Å²) in [5.74, 6) is -0.371. The van der Waals surface area contributed by atoms with Gasteiger partial charge in [0.15, 0.2) is 0 Å². The lowest BCUT2D eigenvalue weighted by Crippen LogP contribution is -2.52. The van der Waals surface area contributed by atoms with Crippen LogP contribution in [0.5, 0.6) is 0 Å². The second kappa shape index (κ2) is 10.3. The van der Waals surface area contributed by atoms with Crippen molar-refractivity contribution in [3.63, 3.8) is 0 Å². The molecule has 0 radical (unpaired) electrons. The highest BCUT2D eigenvalue weighted by Gasteiger charge is 2.31. The number of ether oxygens (including phenoxy) is 2. The molecule has 0 unspecified atom stereocenters. The van der Waals surface area contributed by atoms with E-state index in [0.717, 1.165) is 18.5 Å². The van der Waals surface area contributed by atoms with E-state index in [1.54, 1.807) is 11.8 Å². The predicted molar refractivity (Wildman–Crippen MR) is 103 cm³/mol. The van der Waals surface area contributed by atoms with Gasteiger partial charge >= 0.3 is 6.03 Å². The highest BCUT2D eigenvalue weighted by Crippen LogP contribution is 2.22. The van der Waals surface area contributed by atoms with Gasteiger partial charge in [0.2, 0.25) is 0 Å². The quantitative estimate of drug-likeness (QED) is 0.614. The third-order valence-electron chi connectivity index (χ3n) is 4.77. The number of aryl methyl sites for hydroxylation is 1. The lowest BCUT2D eigenvalue weighted by atomic mass is 9.97. The number of halogens is 1. The first-order chi connectivity index (χ1) is 14.1. The van der Waals surface area contributed by atoms with Gasteiger partial charge in [0.25, 0.3) is 0 Å². The van der Waals surface area contributed by atoms with Crippen LogP contribution in [0.2, 0.25) is 0 Å². The lowest BCUT2D eigenvalue weighted by molar-refractivity contribution is -0.0905. The molecule has 0 saturated carbocycles. The zero-order valence-corrected chi connectivity index (χ0v) is 16.3. The van der Waals surface area contributed by atoms with Crippen LogP contribution in [0.25, 0.3) is 0 Å². The van der Waals surface area contributed by atoms with Crippen LogP contribution in [0.4, 0.5) is 14.9 Å². The first-order valence-corrected chi connectivity index (χ1v) is 9.54. The van der Waals surface area contributed by atoms with Crippen LogP contribution in [-0.4, -0.2) is 58.1 Å². The summed E-state index contributed by atoms with van der Waals surface area (Å²) < 4.78 is 25.7. The van der Waals surface area contributed by atoms with E-state index in [-0.39, 0.29) is 24.6 Å². The molecule has 1 aromatic heterocycles. The Bertz CT molecular complexity index is 785. The third-order valence-corrected chi connectivity index (χ3v) is 4.77. The number of methoxy groups -OCH3 is 1. The molecule has 1 fully saturated rings. The van der Waals surface area contributed by atoms with E-state index in [9.17, 15) is 14.3 Å². The van der Waals surface area contributed by atoms with Crippen molar-refractivity contribution in [2.45, 2.75) is 50.7 Å². The van der Waals surface area contributed by atoms with Crippen molar-refractivity contribution >= 4 is 11.7 Å². The Balaban J connectivity index is 1.45. The maximum absolute atomic E-state index is 13.0. The average Bonchev–Trinajstić information content (AvgIpc) is 3.16. The summed E-state index contributed by atoms with van der Waals surface area (Å²) in [6.45, 7) is 0.863. The topological polar surface area (TPSA) is 111 Å². The van der Waals surface area contributed by atoms with Gasteiger partial charge in [-0.15, -0.1) is 5.10 Å². The van der Waals surface area contributed by atoms with Gasteiger partial charge in [-0.2, -0.15) is 0 Å². The number of anilines is 1. The maximum atomic E-state index is 13.0. The second-order valence-corrected chi connectivity index (χ2v) is 6.96. The molecule has 158 valence electrons. The summed E-state index contributed by atoms with van der Waals surface area (Å²) in [5, 5.41) is 23.2. The molecule has 2 aromatic rings. The predicted octanol–water partition coefficient (Wildman–Crippen LogP) is 1.68. The number of aliphatic hydroxyl groups is 1. The van der Waals surface area contributed by atoms with Crippen LogP contribution >= 0.6 is 0 Å². The number of carbonyl (C=O) groups is 1. The van der Waals surface area contributed by atoms with Gasteiger partial charge in [0.1, 0.15) is 17.6 Å². The average molecular weight is 407 g/mol. The number of hydrogen-bond acceptors (Lipinski definition) is 6. The number of aromatic nitrogens is 3. The number of carbonyl (C=O) groups excluding carboxylic acids is 1. The molecule has 10 heteroatoms. The van der Waals surface area contributed by atoms with Crippen LogP contribution < -0.4 is 10.6 Å². The van der Waals surface area contributed by atoms with Gasteiger partial charge in [-0.05, 0) is 43.5 Å². The van der Waals surface area contributed by atoms with Gasteiger partial charge in [0.05, 0.1) is 31.6 Å². The molecular formula is C19H26FN5O4. The van der Waals surface area contributed by atoms with E-state index in [1.807, 2.05) is 6.20 Å². The molecule has 2 amide bonds. The van der Waals surface area contributed by atoms with Crippen LogP contribution in [-0.2, 0) is 22.6 Å². The van der Waals surface area contributed by atoms with Crippen molar-refractivity contribution < 1.29 is 23.8 Å². The maximum Gasteiger partial charge on any atom is 0.319 e. The summed E-state index contributed by atoms with van der Waals surface area (Å²) in [5.41, 5.74) is 1.25. The van der Waals surface area contributed by atoms with Crippen molar-refractivity contribution in [1.29, 1.82) is 0 Å². The van der Waals surface area contributed by atoms with Crippen molar-refractivity contribution in [3.8, 4) is 0 Å². The number of aliphatic hydroxyl groups excluding tert-OH is 1. The first-order valence-electron chi connectivity index (χ1n) is 9.54. The van der Waals surface area contributed by atoms with Crippen molar-refractivity contribution in [1.82, 2.24) is 20.3 Å².